The minimum Gasteiger partial charge on any atom is -0.203 e. The first kappa shape index (κ1) is 48.0. The lowest BCUT2D eigenvalue weighted by Gasteiger charge is -2.36. The first-order valence-electron chi connectivity index (χ1n) is 19.1. The van der Waals surface area contributed by atoms with Gasteiger partial charge in [0.1, 0.15) is 0 Å². The van der Waals surface area contributed by atoms with Gasteiger partial charge < -0.3 is 0 Å². The Morgan fingerprint density at radius 3 is 0.493 bits per heavy atom. The molecule has 0 saturated heterocycles. The molecule has 0 unspecified atom stereocenters. The van der Waals surface area contributed by atoms with Crippen molar-refractivity contribution < 1.29 is 87.8 Å². The second-order valence-electron chi connectivity index (χ2n) is 14.9. The smallest absolute Gasteiger partial charge is 0.200 e. The van der Waals surface area contributed by atoms with E-state index in [0.29, 0.717) is 24.3 Å². The highest BCUT2D eigenvalue weighted by atomic mass is 28.3. The molecule has 21 heteroatoms. The average molecular weight is 1000 g/mol. The number of benzene rings is 8. The highest BCUT2D eigenvalue weighted by Gasteiger charge is 2.44. The van der Waals surface area contributed by atoms with Gasteiger partial charge >= 0.3 is 0 Å². The zero-order chi connectivity index (χ0) is 50.3. The molecule has 0 spiro atoms. The maximum absolute atomic E-state index is 15.5. The maximum Gasteiger partial charge on any atom is 0.200 e. The third-order valence-electron chi connectivity index (χ3n) is 11.2. The van der Waals surface area contributed by atoms with Crippen LogP contribution in [0.15, 0.2) is 97.1 Å². The van der Waals surface area contributed by atoms with Crippen LogP contribution < -0.4 is 20.7 Å². The van der Waals surface area contributed by atoms with Gasteiger partial charge in [-0.2, -0.15) is 0 Å². The maximum atomic E-state index is 15.5. The molecule has 69 heavy (non-hydrogen) atoms. The molecule has 0 saturated carbocycles. The van der Waals surface area contributed by atoms with Crippen molar-refractivity contribution in [2.45, 2.75) is 0 Å². The van der Waals surface area contributed by atoms with Crippen molar-refractivity contribution in [3.8, 4) is 44.5 Å². The normalized spacial score (nSPS) is 11.8. The number of halogens is 20. The Balaban J connectivity index is 1.59. The molecule has 0 nitrogen and oxygen atoms in total. The lowest BCUT2D eigenvalue weighted by atomic mass is 10.0. The molecule has 0 bridgehead atoms. The topological polar surface area (TPSA) is 0 Å². The Bertz CT molecular complexity index is 2910. The van der Waals surface area contributed by atoms with E-state index in [4.69, 9.17) is 0 Å². The molecular weight excluding hydrogens is 985 g/mol. The molecule has 8 aromatic rings. The fourth-order valence-electron chi connectivity index (χ4n) is 8.07. The SMILES string of the molecule is Fc1c(F)c(F)c(-c2cccc([Si](c3cccc(-c4c(F)c(F)c(F)c(F)c4F)c3)(c3cccc(-c4c(F)c(F)c(F)c(F)c4F)c3)c3cccc(-c4c(F)c(F)c(F)c(F)c4F)c3)c2)c(F)c1F. The van der Waals surface area contributed by atoms with Crippen LogP contribution in [-0.4, -0.2) is 8.07 Å². The molecule has 0 radical (unpaired) electrons. The molecule has 0 heterocycles. The molecule has 0 N–H and O–H groups in total. The van der Waals surface area contributed by atoms with Gasteiger partial charge in [0.05, 0.1) is 22.3 Å². The van der Waals surface area contributed by atoms with E-state index in [1.807, 2.05) is 0 Å². The standard InChI is InChI=1S/C48H16F20Si/c49-29-25(30(50)38(58)45(65)37(29)57)17-5-1-9-21(13-17)69(22-10-2-6-18(14-22)26-31(51)39(59)46(66)40(60)32(26)52,23-11-3-7-19(15-23)27-33(53)41(61)47(67)42(62)34(27)54)24-12-4-8-20(16-24)28-35(55)43(63)48(68)44(64)36(28)56/h1-16H. The van der Waals surface area contributed by atoms with Gasteiger partial charge in [0.15, 0.2) is 101 Å². The Morgan fingerprint density at radius 2 is 0.333 bits per heavy atom. The molecule has 0 atom stereocenters. The summed E-state index contributed by atoms with van der Waals surface area (Å²) in [5.74, 6) is -49.5. The quantitative estimate of drug-likeness (QED) is 0.0468. The molecule has 0 aromatic heterocycles. The molecule has 0 aliphatic heterocycles. The number of hydrogen-bond acceptors (Lipinski definition) is 0. The summed E-state index contributed by atoms with van der Waals surface area (Å²) in [7, 11) is -5.27. The van der Waals surface area contributed by atoms with Gasteiger partial charge in [-0.3, -0.25) is 0 Å². The van der Waals surface area contributed by atoms with E-state index in [1.54, 1.807) is 0 Å². The Morgan fingerprint density at radius 1 is 0.188 bits per heavy atom. The zero-order valence-electron chi connectivity index (χ0n) is 33.3. The van der Waals surface area contributed by atoms with Crippen LogP contribution in [0.5, 0.6) is 0 Å². The molecule has 8 rings (SSSR count). The molecular formula is C48H16F20Si. The van der Waals surface area contributed by atoms with E-state index >= 15 is 35.1 Å². The van der Waals surface area contributed by atoms with Crippen molar-refractivity contribution >= 4 is 28.8 Å². The van der Waals surface area contributed by atoms with E-state index in [9.17, 15) is 52.7 Å². The van der Waals surface area contributed by atoms with E-state index in [2.05, 4.69) is 0 Å². The second kappa shape index (κ2) is 17.6. The van der Waals surface area contributed by atoms with Crippen molar-refractivity contribution in [3.63, 3.8) is 0 Å². The highest BCUT2D eigenvalue weighted by molar-refractivity contribution is 7.20. The van der Waals surface area contributed by atoms with Gasteiger partial charge in [0.2, 0.25) is 23.3 Å². The van der Waals surface area contributed by atoms with Crippen LogP contribution in [-0.2, 0) is 0 Å². The summed E-state index contributed by atoms with van der Waals surface area (Å²) in [5.41, 5.74) is -10.0. The van der Waals surface area contributed by atoms with Crippen LogP contribution >= 0.6 is 0 Å². The average Bonchev–Trinajstić information content (AvgIpc) is 3.35. The Kier molecular flexibility index (Phi) is 12.2. The zero-order valence-corrected chi connectivity index (χ0v) is 34.3. The number of hydrogen-bond donors (Lipinski definition) is 0. The van der Waals surface area contributed by atoms with Crippen LogP contribution in [0, 0.1) is 116 Å². The number of rotatable bonds is 8. The molecule has 352 valence electrons. The van der Waals surface area contributed by atoms with Crippen molar-refractivity contribution in [1.82, 2.24) is 0 Å². The van der Waals surface area contributed by atoms with Crippen molar-refractivity contribution in [3.05, 3.63) is 213 Å². The van der Waals surface area contributed by atoms with Crippen molar-refractivity contribution in [1.29, 1.82) is 0 Å². The van der Waals surface area contributed by atoms with Crippen LogP contribution in [0.2, 0.25) is 0 Å². The first-order chi connectivity index (χ1) is 32.6. The summed E-state index contributed by atoms with van der Waals surface area (Å²) < 4.78 is 299. The van der Waals surface area contributed by atoms with Gasteiger partial charge in [-0.1, -0.05) is 97.1 Å². The summed E-state index contributed by atoms with van der Waals surface area (Å²) in [6, 6.07) is 13.7. The molecule has 8 aromatic carbocycles. The summed E-state index contributed by atoms with van der Waals surface area (Å²) in [6.45, 7) is 0. The fourth-order valence-corrected chi connectivity index (χ4v) is 12.9. The molecule has 0 amide bonds. The monoisotopic (exact) mass is 1000 g/mol. The minimum atomic E-state index is -5.27. The molecule has 0 fully saturated rings. The van der Waals surface area contributed by atoms with Gasteiger partial charge in [-0.15, -0.1) is 0 Å². The lowest BCUT2D eigenvalue weighted by molar-refractivity contribution is 0.381. The predicted octanol–water partition coefficient (Wildman–Crippen LogP) is 12.5. The minimum absolute atomic E-state index is 0.470. The fraction of sp³-hybridized carbons (Fsp3) is 0. The Labute approximate surface area is 374 Å². The first-order valence-corrected chi connectivity index (χ1v) is 21.1. The van der Waals surface area contributed by atoms with Gasteiger partial charge in [0.25, 0.3) is 0 Å². The third kappa shape index (κ3) is 7.31. The van der Waals surface area contributed by atoms with Crippen LogP contribution in [0.3, 0.4) is 0 Å². The van der Waals surface area contributed by atoms with Crippen molar-refractivity contribution in [2.75, 3.05) is 0 Å². The summed E-state index contributed by atoms with van der Waals surface area (Å²) in [5, 5.41) is -1.88. The van der Waals surface area contributed by atoms with Crippen LogP contribution in [0.4, 0.5) is 87.8 Å². The van der Waals surface area contributed by atoms with Gasteiger partial charge in [-0.05, 0) is 43.0 Å². The molecule has 0 aliphatic rings. The lowest BCUT2D eigenvalue weighted by Crippen LogP contribution is -2.74. The van der Waals surface area contributed by atoms with E-state index in [-0.39, 0.29) is 0 Å². The van der Waals surface area contributed by atoms with Crippen LogP contribution in [0.1, 0.15) is 0 Å². The van der Waals surface area contributed by atoms with Crippen molar-refractivity contribution in [2.24, 2.45) is 0 Å². The largest absolute Gasteiger partial charge is 0.203 e. The van der Waals surface area contributed by atoms with E-state index < -0.39 is 190 Å². The predicted molar refractivity (Wildman–Crippen MR) is 211 cm³/mol. The Hall–Kier alpha value is -7.42. The van der Waals surface area contributed by atoms with Gasteiger partial charge in [-0.25, -0.2) is 87.8 Å². The summed E-state index contributed by atoms with van der Waals surface area (Å²) in [4.78, 5) is 0. The van der Waals surface area contributed by atoms with Crippen LogP contribution in [0.25, 0.3) is 44.5 Å². The third-order valence-corrected chi connectivity index (χ3v) is 15.9. The summed E-state index contributed by atoms with van der Waals surface area (Å²) >= 11 is 0. The second-order valence-corrected chi connectivity index (χ2v) is 18.7. The highest BCUT2D eigenvalue weighted by Crippen LogP contribution is 2.37. The summed E-state index contributed by atoms with van der Waals surface area (Å²) in [6.07, 6.45) is 0. The van der Waals surface area contributed by atoms with E-state index in [0.717, 1.165) is 72.8 Å². The van der Waals surface area contributed by atoms with E-state index in [1.165, 1.54) is 0 Å². The van der Waals surface area contributed by atoms with Gasteiger partial charge in [0, 0.05) is 0 Å². The molecule has 0 aliphatic carbocycles.